The van der Waals surface area contributed by atoms with E-state index in [0.717, 1.165) is 11.1 Å². The molecule has 0 aliphatic rings. The van der Waals surface area contributed by atoms with E-state index >= 15 is 0 Å². The number of phenols is 1. The lowest BCUT2D eigenvalue weighted by atomic mass is 10.2. The molecule has 1 N–H and O–H groups in total. The zero-order valence-corrected chi connectivity index (χ0v) is 14.4. The SMILES string of the molecule is Oc1c(Br)cc(/C=C/c2nc3cc(Cl)ccc3o2)cc1Br. The highest BCUT2D eigenvalue weighted by Gasteiger charge is 2.06. The van der Waals surface area contributed by atoms with Crippen LogP contribution in [0.2, 0.25) is 5.02 Å². The third kappa shape index (κ3) is 3.15. The molecule has 0 radical (unpaired) electrons. The molecular formula is C15H8Br2ClNO2. The predicted octanol–water partition coefficient (Wildman–Crippen LogP) is 5.88. The van der Waals surface area contributed by atoms with E-state index in [2.05, 4.69) is 36.8 Å². The molecule has 106 valence electrons. The van der Waals surface area contributed by atoms with E-state index in [-0.39, 0.29) is 5.75 Å². The zero-order valence-electron chi connectivity index (χ0n) is 10.5. The van der Waals surface area contributed by atoms with Crippen LogP contribution in [-0.2, 0) is 0 Å². The summed E-state index contributed by atoms with van der Waals surface area (Å²) in [5, 5.41) is 10.3. The number of rotatable bonds is 2. The first-order valence-corrected chi connectivity index (χ1v) is 7.91. The van der Waals surface area contributed by atoms with Gasteiger partial charge < -0.3 is 9.52 Å². The van der Waals surface area contributed by atoms with Crippen molar-refractivity contribution in [2.45, 2.75) is 0 Å². The highest BCUT2D eigenvalue weighted by molar-refractivity contribution is 9.11. The molecule has 2 aromatic carbocycles. The quantitative estimate of drug-likeness (QED) is 0.553. The summed E-state index contributed by atoms with van der Waals surface area (Å²) in [6, 6.07) is 8.91. The minimum Gasteiger partial charge on any atom is -0.506 e. The van der Waals surface area contributed by atoms with Gasteiger partial charge in [0.1, 0.15) is 11.3 Å². The molecule has 0 amide bonds. The van der Waals surface area contributed by atoms with Crippen LogP contribution in [-0.4, -0.2) is 10.1 Å². The van der Waals surface area contributed by atoms with Gasteiger partial charge in [-0.3, -0.25) is 0 Å². The first-order chi connectivity index (χ1) is 10.0. The van der Waals surface area contributed by atoms with E-state index in [9.17, 15) is 5.11 Å². The Morgan fingerprint density at radius 2 is 1.81 bits per heavy atom. The molecule has 3 nitrogen and oxygen atoms in total. The number of phenolic OH excluding ortho intramolecular Hbond substituents is 1. The lowest BCUT2D eigenvalue weighted by Gasteiger charge is -2.01. The van der Waals surface area contributed by atoms with E-state index in [4.69, 9.17) is 16.0 Å². The van der Waals surface area contributed by atoms with Gasteiger partial charge in [-0.15, -0.1) is 0 Å². The largest absolute Gasteiger partial charge is 0.506 e. The van der Waals surface area contributed by atoms with Gasteiger partial charge in [0.2, 0.25) is 5.89 Å². The van der Waals surface area contributed by atoms with Crippen molar-refractivity contribution in [1.82, 2.24) is 4.98 Å². The van der Waals surface area contributed by atoms with Crippen molar-refractivity contribution in [3.8, 4) is 5.75 Å². The van der Waals surface area contributed by atoms with Crippen molar-refractivity contribution in [2.24, 2.45) is 0 Å². The van der Waals surface area contributed by atoms with Gasteiger partial charge in [0.15, 0.2) is 5.58 Å². The first-order valence-electron chi connectivity index (χ1n) is 5.95. The molecule has 0 spiro atoms. The average Bonchev–Trinajstić information content (AvgIpc) is 2.84. The molecule has 1 aromatic heterocycles. The highest BCUT2D eigenvalue weighted by atomic mass is 79.9. The lowest BCUT2D eigenvalue weighted by molar-refractivity contribution is 0.468. The van der Waals surface area contributed by atoms with Crippen LogP contribution in [0.4, 0.5) is 0 Å². The van der Waals surface area contributed by atoms with Gasteiger partial charge in [0, 0.05) is 11.1 Å². The summed E-state index contributed by atoms with van der Waals surface area (Å²) in [5.74, 6) is 0.663. The van der Waals surface area contributed by atoms with Crippen LogP contribution in [0.15, 0.2) is 43.7 Å². The van der Waals surface area contributed by atoms with Crippen LogP contribution in [0.3, 0.4) is 0 Å². The molecule has 0 bridgehead atoms. The second-order valence-corrected chi connectivity index (χ2v) is 6.48. The van der Waals surface area contributed by atoms with E-state index < -0.39 is 0 Å². The monoisotopic (exact) mass is 427 g/mol. The Labute approximate surface area is 142 Å². The molecular weight excluding hydrogens is 421 g/mol. The molecule has 0 saturated heterocycles. The third-order valence-corrected chi connectivity index (χ3v) is 4.27. The van der Waals surface area contributed by atoms with Crippen LogP contribution < -0.4 is 0 Å². The molecule has 6 heteroatoms. The van der Waals surface area contributed by atoms with Crippen molar-refractivity contribution >= 4 is 66.7 Å². The fraction of sp³-hybridized carbons (Fsp3) is 0. The number of oxazole rings is 1. The standard InChI is InChI=1S/C15H8Br2ClNO2/c16-10-5-8(6-11(17)15(10)20)1-4-14-19-12-7-9(18)2-3-13(12)21-14/h1-7,20H/b4-1+. The molecule has 0 atom stereocenters. The topological polar surface area (TPSA) is 46.3 Å². The Balaban J connectivity index is 1.94. The van der Waals surface area contributed by atoms with E-state index in [1.807, 2.05) is 6.08 Å². The average molecular weight is 429 g/mol. The van der Waals surface area contributed by atoms with Crippen LogP contribution >= 0.6 is 43.5 Å². The minimum absolute atomic E-state index is 0.170. The highest BCUT2D eigenvalue weighted by Crippen LogP contribution is 2.33. The Kier molecular flexibility index (Phi) is 4.06. The summed E-state index contributed by atoms with van der Waals surface area (Å²) in [5.41, 5.74) is 2.30. The van der Waals surface area contributed by atoms with Gasteiger partial charge in [0.05, 0.1) is 8.95 Å². The fourth-order valence-corrected chi connectivity index (χ4v) is 3.23. The number of aromatic nitrogens is 1. The normalized spacial score (nSPS) is 11.6. The van der Waals surface area contributed by atoms with Gasteiger partial charge >= 0.3 is 0 Å². The number of fused-ring (bicyclic) bond motifs is 1. The second kappa shape index (κ2) is 5.83. The molecule has 0 fully saturated rings. The maximum absolute atomic E-state index is 9.68. The van der Waals surface area contributed by atoms with Crippen molar-refractivity contribution < 1.29 is 9.52 Å². The van der Waals surface area contributed by atoms with Crippen LogP contribution in [0.5, 0.6) is 5.75 Å². The third-order valence-electron chi connectivity index (χ3n) is 2.82. The summed E-state index contributed by atoms with van der Waals surface area (Å²) in [7, 11) is 0. The number of benzene rings is 2. The van der Waals surface area contributed by atoms with E-state index in [0.29, 0.717) is 25.4 Å². The van der Waals surface area contributed by atoms with Crippen molar-refractivity contribution in [3.05, 3.63) is 55.8 Å². The number of nitrogens with zero attached hydrogens (tertiary/aromatic N) is 1. The number of aromatic hydroxyl groups is 1. The van der Waals surface area contributed by atoms with Gasteiger partial charge in [-0.05, 0) is 73.8 Å². The number of halogens is 3. The van der Waals surface area contributed by atoms with Crippen LogP contribution in [0, 0.1) is 0 Å². The summed E-state index contributed by atoms with van der Waals surface area (Å²) in [6.45, 7) is 0. The predicted molar refractivity (Wildman–Crippen MR) is 91.5 cm³/mol. The smallest absolute Gasteiger partial charge is 0.220 e. The molecule has 21 heavy (non-hydrogen) atoms. The van der Waals surface area contributed by atoms with Crippen molar-refractivity contribution in [2.75, 3.05) is 0 Å². The van der Waals surface area contributed by atoms with Gasteiger partial charge in [0.25, 0.3) is 0 Å². The number of hydrogen-bond donors (Lipinski definition) is 1. The molecule has 1 heterocycles. The fourth-order valence-electron chi connectivity index (χ4n) is 1.84. The Hall–Kier alpha value is -1.30. The van der Waals surface area contributed by atoms with Crippen molar-refractivity contribution in [3.63, 3.8) is 0 Å². The zero-order chi connectivity index (χ0) is 15.0. The number of hydrogen-bond acceptors (Lipinski definition) is 3. The maximum atomic E-state index is 9.68. The maximum Gasteiger partial charge on any atom is 0.220 e. The minimum atomic E-state index is 0.170. The van der Waals surface area contributed by atoms with Crippen LogP contribution in [0.25, 0.3) is 23.3 Å². The van der Waals surface area contributed by atoms with Gasteiger partial charge in [-0.25, -0.2) is 4.98 Å². The second-order valence-electron chi connectivity index (χ2n) is 4.33. The molecule has 0 saturated carbocycles. The van der Waals surface area contributed by atoms with E-state index in [1.165, 1.54) is 0 Å². The summed E-state index contributed by atoms with van der Waals surface area (Å²) in [4.78, 5) is 4.34. The summed E-state index contributed by atoms with van der Waals surface area (Å²) < 4.78 is 6.82. The van der Waals surface area contributed by atoms with Crippen molar-refractivity contribution in [1.29, 1.82) is 0 Å². The Morgan fingerprint density at radius 3 is 2.52 bits per heavy atom. The molecule has 0 aliphatic heterocycles. The van der Waals surface area contributed by atoms with Crippen LogP contribution in [0.1, 0.15) is 11.5 Å². The first kappa shape index (κ1) is 14.6. The Morgan fingerprint density at radius 1 is 1.10 bits per heavy atom. The summed E-state index contributed by atoms with van der Waals surface area (Å²) in [6.07, 6.45) is 3.61. The van der Waals surface area contributed by atoms with E-state index in [1.54, 1.807) is 36.4 Å². The molecule has 0 aliphatic carbocycles. The van der Waals surface area contributed by atoms with Gasteiger partial charge in [-0.1, -0.05) is 11.6 Å². The lowest BCUT2D eigenvalue weighted by Crippen LogP contribution is -1.77. The molecule has 3 rings (SSSR count). The molecule has 0 unspecified atom stereocenters. The molecule has 3 aromatic rings. The Bertz CT molecular complexity index is 835. The summed E-state index contributed by atoms with van der Waals surface area (Å²) >= 11 is 12.5. The van der Waals surface area contributed by atoms with Gasteiger partial charge in [-0.2, -0.15) is 0 Å².